The van der Waals surface area contributed by atoms with Gasteiger partial charge in [0.25, 0.3) is 0 Å². The van der Waals surface area contributed by atoms with Crippen LogP contribution in [0.4, 0.5) is 0 Å². The molecular formula is C16H16Cl2N2O. The van der Waals surface area contributed by atoms with Gasteiger partial charge in [-0.2, -0.15) is 0 Å². The number of carbonyl (C=O) groups is 1. The van der Waals surface area contributed by atoms with Gasteiger partial charge in [-0.25, -0.2) is 0 Å². The minimum atomic E-state index is -0.0692. The average molecular weight is 323 g/mol. The van der Waals surface area contributed by atoms with Gasteiger partial charge in [0.15, 0.2) is 0 Å². The number of carbonyl (C=O) groups excluding carboxylic acids is 1. The van der Waals surface area contributed by atoms with Gasteiger partial charge in [0, 0.05) is 13.1 Å². The molecule has 0 aliphatic rings. The molecule has 0 fully saturated rings. The normalized spacial score (nSPS) is 10.4. The Kier molecular flexibility index (Phi) is 5.62. The van der Waals surface area contributed by atoms with Gasteiger partial charge in [-0.3, -0.25) is 4.79 Å². The highest BCUT2D eigenvalue weighted by Crippen LogP contribution is 2.22. The Morgan fingerprint density at radius 3 is 2.43 bits per heavy atom. The summed E-state index contributed by atoms with van der Waals surface area (Å²) in [6, 6.07) is 13.0. The molecule has 0 radical (unpaired) electrons. The number of nitrogens with two attached hydrogens (primary N) is 1. The second-order valence-electron chi connectivity index (χ2n) is 4.67. The molecule has 3 nitrogen and oxygen atoms in total. The van der Waals surface area contributed by atoms with Gasteiger partial charge >= 0.3 is 0 Å². The van der Waals surface area contributed by atoms with E-state index in [0.29, 0.717) is 23.1 Å². The molecule has 0 aliphatic carbocycles. The van der Waals surface area contributed by atoms with Crippen molar-refractivity contribution < 1.29 is 4.79 Å². The number of hydrogen-bond donors (Lipinski definition) is 2. The molecule has 3 N–H and O–H groups in total. The lowest BCUT2D eigenvalue weighted by Gasteiger charge is -2.09. The van der Waals surface area contributed by atoms with Crippen molar-refractivity contribution in [3.8, 4) is 0 Å². The van der Waals surface area contributed by atoms with E-state index >= 15 is 0 Å². The van der Waals surface area contributed by atoms with Gasteiger partial charge in [-0.05, 0) is 28.8 Å². The summed E-state index contributed by atoms with van der Waals surface area (Å²) >= 11 is 11.8. The van der Waals surface area contributed by atoms with Crippen molar-refractivity contribution in [2.45, 2.75) is 19.5 Å². The first kappa shape index (κ1) is 15.8. The lowest BCUT2D eigenvalue weighted by molar-refractivity contribution is -0.120. The maximum atomic E-state index is 12.0. The Labute approximate surface area is 134 Å². The van der Waals surface area contributed by atoms with Crippen molar-refractivity contribution in [3.05, 3.63) is 69.2 Å². The molecule has 0 saturated carbocycles. The van der Waals surface area contributed by atoms with Crippen molar-refractivity contribution in [3.63, 3.8) is 0 Å². The topological polar surface area (TPSA) is 55.1 Å². The maximum Gasteiger partial charge on any atom is 0.224 e. The first-order valence-corrected chi connectivity index (χ1v) is 7.33. The van der Waals surface area contributed by atoms with Crippen LogP contribution in [0.25, 0.3) is 0 Å². The van der Waals surface area contributed by atoms with Gasteiger partial charge in [0.05, 0.1) is 16.5 Å². The summed E-state index contributed by atoms with van der Waals surface area (Å²) in [5.74, 6) is -0.0692. The Morgan fingerprint density at radius 1 is 1.05 bits per heavy atom. The van der Waals surface area contributed by atoms with E-state index in [2.05, 4.69) is 5.32 Å². The molecule has 0 spiro atoms. The quantitative estimate of drug-likeness (QED) is 0.887. The predicted molar refractivity (Wildman–Crippen MR) is 86.3 cm³/mol. The van der Waals surface area contributed by atoms with Crippen molar-refractivity contribution in [1.82, 2.24) is 5.32 Å². The minimum Gasteiger partial charge on any atom is -0.352 e. The monoisotopic (exact) mass is 322 g/mol. The van der Waals surface area contributed by atoms with Crippen molar-refractivity contribution in [2.24, 2.45) is 5.73 Å². The fraction of sp³-hybridized carbons (Fsp3) is 0.188. The van der Waals surface area contributed by atoms with Crippen LogP contribution in [0.5, 0.6) is 0 Å². The summed E-state index contributed by atoms with van der Waals surface area (Å²) in [6.45, 7) is 0.923. The molecule has 0 atom stereocenters. The van der Waals surface area contributed by atoms with Crippen LogP contribution in [0.15, 0.2) is 42.5 Å². The molecule has 110 valence electrons. The zero-order chi connectivity index (χ0) is 15.2. The zero-order valence-corrected chi connectivity index (χ0v) is 12.9. The summed E-state index contributed by atoms with van der Waals surface area (Å²) in [4.78, 5) is 12.0. The summed E-state index contributed by atoms with van der Waals surface area (Å²) < 4.78 is 0. The highest BCUT2D eigenvalue weighted by Gasteiger charge is 2.07. The number of nitrogens with one attached hydrogen (secondary N) is 1. The van der Waals surface area contributed by atoms with Crippen LogP contribution in [-0.2, 0) is 24.3 Å². The van der Waals surface area contributed by atoms with Gasteiger partial charge in [-0.15, -0.1) is 0 Å². The van der Waals surface area contributed by atoms with Gasteiger partial charge in [-0.1, -0.05) is 53.5 Å². The highest BCUT2D eigenvalue weighted by atomic mass is 35.5. The third kappa shape index (κ3) is 4.46. The predicted octanol–water partition coefficient (Wildman–Crippen LogP) is 3.31. The molecule has 2 aromatic carbocycles. The van der Waals surface area contributed by atoms with Crippen molar-refractivity contribution in [1.29, 1.82) is 0 Å². The van der Waals surface area contributed by atoms with Gasteiger partial charge < -0.3 is 11.1 Å². The van der Waals surface area contributed by atoms with Crippen molar-refractivity contribution >= 4 is 29.1 Å². The zero-order valence-electron chi connectivity index (χ0n) is 11.4. The number of rotatable bonds is 5. The van der Waals surface area contributed by atoms with Crippen molar-refractivity contribution in [2.75, 3.05) is 0 Å². The van der Waals surface area contributed by atoms with Crippen LogP contribution in [0.1, 0.15) is 16.7 Å². The Hall–Kier alpha value is -1.55. The van der Waals surface area contributed by atoms with E-state index in [0.717, 1.165) is 16.7 Å². The SMILES string of the molecule is NCc1ccccc1CNC(=O)Cc1ccc(Cl)c(Cl)c1. The molecular weight excluding hydrogens is 307 g/mol. The average Bonchev–Trinajstić information content (AvgIpc) is 2.49. The molecule has 0 saturated heterocycles. The van der Waals surface area contributed by atoms with Gasteiger partial charge in [0.2, 0.25) is 5.91 Å². The molecule has 2 aromatic rings. The largest absolute Gasteiger partial charge is 0.352 e. The molecule has 0 heterocycles. The van der Waals surface area contributed by atoms with E-state index in [4.69, 9.17) is 28.9 Å². The van der Waals surface area contributed by atoms with E-state index in [9.17, 15) is 4.79 Å². The molecule has 0 aromatic heterocycles. The molecule has 21 heavy (non-hydrogen) atoms. The number of halogens is 2. The maximum absolute atomic E-state index is 12.0. The van der Waals surface area contributed by atoms with E-state index in [1.54, 1.807) is 18.2 Å². The smallest absolute Gasteiger partial charge is 0.224 e. The van der Waals surface area contributed by atoms with E-state index in [1.165, 1.54) is 0 Å². The van der Waals surface area contributed by atoms with Crippen LogP contribution in [0.3, 0.4) is 0 Å². The number of amides is 1. The fourth-order valence-electron chi connectivity index (χ4n) is 2.02. The minimum absolute atomic E-state index is 0.0692. The summed E-state index contributed by atoms with van der Waals surface area (Å²) in [7, 11) is 0. The molecule has 2 rings (SSSR count). The van der Waals surface area contributed by atoms with Crippen LogP contribution in [0.2, 0.25) is 10.0 Å². The molecule has 0 bridgehead atoms. The molecule has 0 aliphatic heterocycles. The lowest BCUT2D eigenvalue weighted by Crippen LogP contribution is -2.25. The first-order chi connectivity index (χ1) is 10.1. The van der Waals surface area contributed by atoms with E-state index in [1.807, 2.05) is 24.3 Å². The van der Waals surface area contributed by atoms with E-state index in [-0.39, 0.29) is 12.3 Å². The van der Waals surface area contributed by atoms with Crippen LogP contribution in [-0.4, -0.2) is 5.91 Å². The third-order valence-electron chi connectivity index (χ3n) is 3.16. The van der Waals surface area contributed by atoms with Crippen LogP contribution < -0.4 is 11.1 Å². The standard InChI is InChI=1S/C16H16Cl2N2O/c17-14-6-5-11(7-15(14)18)8-16(21)20-10-13-4-2-1-3-12(13)9-19/h1-7H,8-10,19H2,(H,20,21). The Balaban J connectivity index is 1.94. The first-order valence-electron chi connectivity index (χ1n) is 6.57. The highest BCUT2D eigenvalue weighted by molar-refractivity contribution is 6.42. The van der Waals surface area contributed by atoms with E-state index < -0.39 is 0 Å². The molecule has 1 amide bonds. The third-order valence-corrected chi connectivity index (χ3v) is 3.90. The lowest BCUT2D eigenvalue weighted by atomic mass is 10.1. The van der Waals surface area contributed by atoms with Crippen LogP contribution in [0, 0.1) is 0 Å². The van der Waals surface area contributed by atoms with Gasteiger partial charge in [0.1, 0.15) is 0 Å². The molecule has 5 heteroatoms. The second-order valence-corrected chi connectivity index (χ2v) is 5.49. The fourth-order valence-corrected chi connectivity index (χ4v) is 2.34. The number of hydrogen-bond acceptors (Lipinski definition) is 2. The molecule has 0 unspecified atom stereocenters. The second kappa shape index (κ2) is 7.46. The number of benzene rings is 2. The summed E-state index contributed by atoms with van der Waals surface area (Å²) in [6.07, 6.45) is 0.266. The summed E-state index contributed by atoms with van der Waals surface area (Å²) in [5.41, 5.74) is 8.56. The Bertz CT molecular complexity index is 644. The van der Waals surface area contributed by atoms with Crippen LogP contribution >= 0.6 is 23.2 Å². The summed E-state index contributed by atoms with van der Waals surface area (Å²) in [5, 5.41) is 3.82. The Morgan fingerprint density at radius 2 is 1.76 bits per heavy atom.